The van der Waals surface area contributed by atoms with E-state index in [-0.39, 0.29) is 6.04 Å². The molecule has 2 heteroatoms. The minimum atomic E-state index is 0.102. The summed E-state index contributed by atoms with van der Waals surface area (Å²) in [5, 5.41) is 2.98. The summed E-state index contributed by atoms with van der Waals surface area (Å²) in [6.07, 6.45) is 6.07. The van der Waals surface area contributed by atoms with Crippen LogP contribution in [0.1, 0.15) is 25.7 Å². The second-order valence-corrected chi connectivity index (χ2v) is 3.06. The van der Waals surface area contributed by atoms with Gasteiger partial charge in [0.05, 0.1) is 6.04 Å². The first-order chi connectivity index (χ1) is 4.86. The fourth-order valence-corrected chi connectivity index (χ4v) is 1.33. The van der Waals surface area contributed by atoms with Crippen LogP contribution < -0.4 is 5.32 Å². The largest absolute Gasteiger partial charge is 0.311 e. The minimum Gasteiger partial charge on any atom is -0.311 e. The number of carbonyl (C=O) groups is 1. The Hall–Kier alpha value is -0.370. The summed E-state index contributed by atoms with van der Waals surface area (Å²) in [6.45, 7) is 0. The molecule has 0 radical (unpaired) electrons. The highest BCUT2D eigenvalue weighted by Crippen LogP contribution is 2.29. The van der Waals surface area contributed by atoms with Crippen LogP contribution in [0.15, 0.2) is 0 Å². The number of aldehydes is 1. The molecule has 0 spiro atoms. The van der Waals surface area contributed by atoms with Gasteiger partial charge in [0.1, 0.15) is 6.29 Å². The lowest BCUT2D eigenvalue weighted by atomic mass is 9.81. The first-order valence-corrected chi connectivity index (χ1v) is 3.99. The molecule has 0 amide bonds. The van der Waals surface area contributed by atoms with E-state index in [2.05, 4.69) is 5.32 Å². The predicted octanol–water partition coefficient (Wildman–Crippen LogP) is 0.963. The Bertz CT molecular complexity index is 110. The SMILES string of the molecule is CN[C@H](C=O)CC1CCC1. The smallest absolute Gasteiger partial charge is 0.136 e. The first-order valence-electron chi connectivity index (χ1n) is 3.99. The first kappa shape index (κ1) is 7.73. The molecule has 0 saturated heterocycles. The van der Waals surface area contributed by atoms with Gasteiger partial charge in [0.15, 0.2) is 0 Å². The molecule has 1 fully saturated rings. The third-order valence-corrected chi connectivity index (χ3v) is 2.35. The Morgan fingerprint density at radius 1 is 1.70 bits per heavy atom. The number of hydrogen-bond donors (Lipinski definition) is 1. The minimum absolute atomic E-state index is 0.102. The molecular formula is C8H15NO. The lowest BCUT2D eigenvalue weighted by molar-refractivity contribution is -0.110. The van der Waals surface area contributed by atoms with E-state index in [4.69, 9.17) is 0 Å². The number of likely N-dealkylation sites (N-methyl/N-ethyl adjacent to an activating group) is 1. The molecule has 0 bridgehead atoms. The van der Waals surface area contributed by atoms with E-state index in [1.54, 1.807) is 0 Å². The lowest BCUT2D eigenvalue weighted by Crippen LogP contribution is -2.31. The molecule has 0 aliphatic heterocycles. The van der Waals surface area contributed by atoms with Crippen LogP contribution in [0, 0.1) is 5.92 Å². The highest BCUT2D eigenvalue weighted by Gasteiger charge is 2.20. The van der Waals surface area contributed by atoms with E-state index in [1.165, 1.54) is 19.3 Å². The van der Waals surface area contributed by atoms with Crippen LogP contribution >= 0.6 is 0 Å². The van der Waals surface area contributed by atoms with Crippen LogP contribution in [0.5, 0.6) is 0 Å². The Morgan fingerprint density at radius 2 is 2.40 bits per heavy atom. The normalized spacial score (nSPS) is 21.7. The zero-order valence-electron chi connectivity index (χ0n) is 6.47. The summed E-state index contributed by atoms with van der Waals surface area (Å²) in [6, 6.07) is 0.102. The van der Waals surface area contributed by atoms with Crippen molar-refractivity contribution in [2.24, 2.45) is 5.92 Å². The molecule has 2 nitrogen and oxygen atoms in total. The molecule has 1 atom stereocenters. The molecule has 0 aromatic heterocycles. The maximum Gasteiger partial charge on any atom is 0.136 e. The van der Waals surface area contributed by atoms with Crippen LogP contribution in [0.3, 0.4) is 0 Å². The van der Waals surface area contributed by atoms with Crippen molar-refractivity contribution >= 4 is 6.29 Å². The molecule has 10 heavy (non-hydrogen) atoms. The van der Waals surface area contributed by atoms with Gasteiger partial charge in [-0.2, -0.15) is 0 Å². The molecule has 1 aliphatic carbocycles. The third-order valence-electron chi connectivity index (χ3n) is 2.35. The second kappa shape index (κ2) is 3.71. The van der Waals surface area contributed by atoms with Crippen molar-refractivity contribution in [1.82, 2.24) is 5.32 Å². The van der Waals surface area contributed by atoms with Crippen molar-refractivity contribution in [2.75, 3.05) is 7.05 Å². The number of rotatable bonds is 4. The number of nitrogens with one attached hydrogen (secondary N) is 1. The fourth-order valence-electron chi connectivity index (χ4n) is 1.33. The highest BCUT2D eigenvalue weighted by atomic mass is 16.1. The van der Waals surface area contributed by atoms with Crippen LogP contribution in [-0.2, 0) is 4.79 Å². The Balaban J connectivity index is 2.13. The van der Waals surface area contributed by atoms with E-state index in [1.807, 2.05) is 7.05 Å². The predicted molar refractivity (Wildman–Crippen MR) is 40.9 cm³/mol. The Morgan fingerprint density at radius 3 is 2.70 bits per heavy atom. The summed E-state index contributed by atoms with van der Waals surface area (Å²) in [4.78, 5) is 10.3. The van der Waals surface area contributed by atoms with Gasteiger partial charge < -0.3 is 10.1 Å². The van der Waals surface area contributed by atoms with Crippen LogP contribution in [0.25, 0.3) is 0 Å². The fraction of sp³-hybridized carbons (Fsp3) is 0.875. The molecule has 1 aliphatic rings. The van der Waals surface area contributed by atoms with E-state index in [9.17, 15) is 4.79 Å². The van der Waals surface area contributed by atoms with Crippen LogP contribution in [0.4, 0.5) is 0 Å². The Labute approximate surface area is 62.0 Å². The zero-order valence-corrected chi connectivity index (χ0v) is 6.47. The molecule has 1 N–H and O–H groups in total. The van der Waals surface area contributed by atoms with Crippen molar-refractivity contribution in [3.05, 3.63) is 0 Å². The van der Waals surface area contributed by atoms with Crippen molar-refractivity contribution in [3.8, 4) is 0 Å². The summed E-state index contributed by atoms with van der Waals surface area (Å²) < 4.78 is 0. The van der Waals surface area contributed by atoms with Crippen molar-refractivity contribution in [1.29, 1.82) is 0 Å². The summed E-state index contributed by atoms with van der Waals surface area (Å²) in [5.41, 5.74) is 0. The van der Waals surface area contributed by atoms with Gasteiger partial charge in [0.2, 0.25) is 0 Å². The van der Waals surface area contributed by atoms with Crippen molar-refractivity contribution in [2.45, 2.75) is 31.7 Å². The summed E-state index contributed by atoms with van der Waals surface area (Å²) in [7, 11) is 1.84. The van der Waals surface area contributed by atoms with Gasteiger partial charge in [-0.3, -0.25) is 0 Å². The van der Waals surface area contributed by atoms with E-state index in [0.29, 0.717) is 0 Å². The zero-order chi connectivity index (χ0) is 7.40. The van der Waals surface area contributed by atoms with Crippen LogP contribution in [0.2, 0.25) is 0 Å². The van der Waals surface area contributed by atoms with Gasteiger partial charge in [-0.25, -0.2) is 0 Å². The molecule has 0 aromatic carbocycles. The van der Waals surface area contributed by atoms with E-state index >= 15 is 0 Å². The molecule has 0 heterocycles. The van der Waals surface area contributed by atoms with Crippen molar-refractivity contribution in [3.63, 3.8) is 0 Å². The van der Waals surface area contributed by atoms with Gasteiger partial charge >= 0.3 is 0 Å². The van der Waals surface area contributed by atoms with E-state index in [0.717, 1.165) is 18.6 Å². The molecule has 1 saturated carbocycles. The van der Waals surface area contributed by atoms with Gasteiger partial charge in [-0.15, -0.1) is 0 Å². The van der Waals surface area contributed by atoms with E-state index < -0.39 is 0 Å². The molecule has 0 unspecified atom stereocenters. The quantitative estimate of drug-likeness (QED) is 0.591. The summed E-state index contributed by atoms with van der Waals surface area (Å²) in [5.74, 6) is 0.822. The Kier molecular flexibility index (Phi) is 2.87. The monoisotopic (exact) mass is 141 g/mol. The maximum absolute atomic E-state index is 10.3. The van der Waals surface area contributed by atoms with Crippen molar-refractivity contribution < 1.29 is 4.79 Å². The van der Waals surface area contributed by atoms with Gasteiger partial charge in [0, 0.05) is 0 Å². The highest BCUT2D eigenvalue weighted by molar-refractivity contribution is 5.57. The molecule has 0 aromatic rings. The number of hydrogen-bond acceptors (Lipinski definition) is 2. The van der Waals surface area contributed by atoms with Gasteiger partial charge in [0.25, 0.3) is 0 Å². The van der Waals surface area contributed by atoms with Crippen LogP contribution in [-0.4, -0.2) is 19.4 Å². The molecule has 58 valence electrons. The average Bonchev–Trinajstić information content (AvgIpc) is 1.87. The summed E-state index contributed by atoms with van der Waals surface area (Å²) >= 11 is 0. The molecule has 1 rings (SSSR count). The third kappa shape index (κ3) is 1.81. The topological polar surface area (TPSA) is 29.1 Å². The average molecular weight is 141 g/mol. The standard InChI is InChI=1S/C8H15NO/c1-9-8(6-10)5-7-3-2-4-7/h6-9H,2-5H2,1H3/t8-/m0/s1. The maximum atomic E-state index is 10.3. The van der Waals surface area contributed by atoms with Gasteiger partial charge in [-0.1, -0.05) is 19.3 Å². The van der Waals surface area contributed by atoms with Gasteiger partial charge in [-0.05, 0) is 19.4 Å². The lowest BCUT2D eigenvalue weighted by Gasteiger charge is -2.27. The molecular weight excluding hydrogens is 126 g/mol. The second-order valence-electron chi connectivity index (χ2n) is 3.06. The number of carbonyl (C=O) groups excluding carboxylic acids is 1.